The van der Waals surface area contributed by atoms with Gasteiger partial charge in [0.1, 0.15) is 5.75 Å². The molecule has 0 bridgehead atoms. The minimum Gasteiger partial charge on any atom is -0.493 e. The molecule has 1 aliphatic heterocycles. The molecule has 126 valence electrons. The molecule has 0 radical (unpaired) electrons. The molecule has 4 nitrogen and oxygen atoms in total. The van der Waals surface area contributed by atoms with Gasteiger partial charge in [-0.1, -0.05) is 25.1 Å². The summed E-state index contributed by atoms with van der Waals surface area (Å²) in [7, 11) is 0. The molecule has 2 heterocycles. The Morgan fingerprint density at radius 3 is 2.62 bits per heavy atom. The van der Waals surface area contributed by atoms with Gasteiger partial charge >= 0.3 is 0 Å². The number of carbonyl (C=O) groups excluding carboxylic acids is 1. The smallest absolute Gasteiger partial charge is 0.234 e. The van der Waals surface area contributed by atoms with Gasteiger partial charge in [-0.25, -0.2) is 0 Å². The van der Waals surface area contributed by atoms with Crippen LogP contribution in [0.25, 0.3) is 0 Å². The average Bonchev–Trinajstić information content (AvgIpc) is 3.02. The number of nitrogens with one attached hydrogen (secondary N) is 1. The number of ether oxygens (including phenoxy) is 1. The first-order valence-corrected chi connectivity index (χ1v) is 9.34. The van der Waals surface area contributed by atoms with Crippen molar-refractivity contribution >= 4 is 17.7 Å². The van der Waals surface area contributed by atoms with Crippen LogP contribution in [0.15, 0.2) is 42.6 Å². The van der Waals surface area contributed by atoms with Crippen molar-refractivity contribution in [3.63, 3.8) is 0 Å². The van der Waals surface area contributed by atoms with Crippen molar-refractivity contribution in [3.8, 4) is 5.75 Å². The van der Waals surface area contributed by atoms with E-state index in [1.165, 1.54) is 5.56 Å². The Kier molecular flexibility index (Phi) is 5.75. The van der Waals surface area contributed by atoms with Gasteiger partial charge in [-0.2, -0.15) is 0 Å². The average molecular weight is 342 g/mol. The van der Waals surface area contributed by atoms with E-state index in [0.717, 1.165) is 42.1 Å². The highest BCUT2D eigenvalue weighted by Crippen LogP contribution is 2.22. The van der Waals surface area contributed by atoms with Crippen LogP contribution in [0.4, 0.5) is 0 Å². The first-order chi connectivity index (χ1) is 11.7. The van der Waals surface area contributed by atoms with Crippen molar-refractivity contribution < 1.29 is 9.53 Å². The molecule has 1 fully saturated rings. The van der Waals surface area contributed by atoms with Gasteiger partial charge < -0.3 is 10.1 Å². The van der Waals surface area contributed by atoms with Gasteiger partial charge in [0.15, 0.2) is 0 Å². The zero-order valence-corrected chi connectivity index (χ0v) is 14.6. The Labute approximate surface area is 147 Å². The van der Waals surface area contributed by atoms with E-state index in [9.17, 15) is 4.79 Å². The third-order valence-corrected chi connectivity index (χ3v) is 5.18. The maximum atomic E-state index is 11.6. The SMILES string of the molecule is CCc1ccc(CCOc2ccc(CC3SCNC3=O)cc2)nc1. The number of aromatic nitrogens is 1. The summed E-state index contributed by atoms with van der Waals surface area (Å²) in [6, 6.07) is 12.2. The lowest BCUT2D eigenvalue weighted by atomic mass is 10.1. The predicted molar refractivity (Wildman–Crippen MR) is 97.3 cm³/mol. The second-order valence-electron chi connectivity index (χ2n) is 5.80. The first kappa shape index (κ1) is 16.8. The van der Waals surface area contributed by atoms with Gasteiger partial charge in [-0.05, 0) is 42.2 Å². The molecule has 2 aromatic rings. The Morgan fingerprint density at radius 2 is 2.00 bits per heavy atom. The number of hydrogen-bond acceptors (Lipinski definition) is 4. The molecule has 1 N–H and O–H groups in total. The lowest BCUT2D eigenvalue weighted by molar-refractivity contribution is -0.119. The third-order valence-electron chi connectivity index (χ3n) is 4.09. The van der Waals surface area contributed by atoms with Crippen LogP contribution in [0.5, 0.6) is 5.75 Å². The molecule has 1 aliphatic rings. The number of hydrogen-bond donors (Lipinski definition) is 1. The number of thioether (sulfide) groups is 1. The summed E-state index contributed by atoms with van der Waals surface area (Å²) in [5, 5.41) is 2.88. The zero-order valence-electron chi connectivity index (χ0n) is 13.8. The van der Waals surface area contributed by atoms with Crippen molar-refractivity contribution in [2.45, 2.75) is 31.4 Å². The topological polar surface area (TPSA) is 51.2 Å². The molecule has 0 aliphatic carbocycles. The molecule has 0 spiro atoms. The third kappa shape index (κ3) is 4.51. The van der Waals surface area contributed by atoms with Crippen LogP contribution in [0.3, 0.4) is 0 Å². The van der Waals surface area contributed by atoms with E-state index < -0.39 is 0 Å². The minimum atomic E-state index is 0.0361. The van der Waals surface area contributed by atoms with Crippen LogP contribution in [-0.4, -0.2) is 28.6 Å². The predicted octanol–water partition coefficient (Wildman–Crippen LogP) is 3.00. The molecule has 1 amide bonds. The molecule has 1 aromatic heterocycles. The molecule has 1 saturated heterocycles. The van der Waals surface area contributed by atoms with Crippen LogP contribution in [0.1, 0.15) is 23.7 Å². The van der Waals surface area contributed by atoms with Gasteiger partial charge in [0, 0.05) is 18.3 Å². The van der Waals surface area contributed by atoms with Crippen LogP contribution < -0.4 is 10.1 Å². The molecular formula is C19H22N2O2S. The summed E-state index contributed by atoms with van der Waals surface area (Å²) in [5.74, 6) is 1.71. The standard InChI is InChI=1S/C19H22N2O2S/c1-2-14-3-6-16(20-12-14)9-10-23-17-7-4-15(5-8-17)11-18-19(22)21-13-24-18/h3-8,12,18H,2,9-11,13H2,1H3,(H,21,22). The van der Waals surface area contributed by atoms with E-state index in [0.29, 0.717) is 6.61 Å². The number of aryl methyl sites for hydroxylation is 1. The van der Waals surface area contributed by atoms with Crippen molar-refractivity contribution in [1.82, 2.24) is 10.3 Å². The normalized spacial score (nSPS) is 16.9. The van der Waals surface area contributed by atoms with Gasteiger partial charge in [-0.15, -0.1) is 11.8 Å². The summed E-state index contributed by atoms with van der Waals surface area (Å²) in [4.78, 5) is 16.0. The fraction of sp³-hybridized carbons (Fsp3) is 0.368. The van der Waals surface area contributed by atoms with Crippen LogP contribution >= 0.6 is 11.8 Å². The van der Waals surface area contributed by atoms with Crippen molar-refractivity contribution in [2.24, 2.45) is 0 Å². The maximum absolute atomic E-state index is 11.6. The zero-order chi connectivity index (χ0) is 16.8. The highest BCUT2D eigenvalue weighted by atomic mass is 32.2. The first-order valence-electron chi connectivity index (χ1n) is 8.29. The lowest BCUT2D eigenvalue weighted by Gasteiger charge is -2.09. The van der Waals surface area contributed by atoms with Gasteiger partial charge in [-0.3, -0.25) is 9.78 Å². The molecule has 1 unspecified atom stereocenters. The number of amides is 1. The number of nitrogens with zero attached hydrogens (tertiary/aromatic N) is 1. The van der Waals surface area contributed by atoms with E-state index in [4.69, 9.17) is 4.74 Å². The number of rotatable bonds is 7. The summed E-state index contributed by atoms with van der Waals surface area (Å²) >= 11 is 1.66. The van der Waals surface area contributed by atoms with Gasteiger partial charge in [0.25, 0.3) is 0 Å². The molecule has 1 aromatic carbocycles. The summed E-state index contributed by atoms with van der Waals surface area (Å²) in [6.07, 6.45) is 4.51. The Hall–Kier alpha value is -2.01. The van der Waals surface area contributed by atoms with E-state index >= 15 is 0 Å². The quantitative estimate of drug-likeness (QED) is 0.840. The Balaban J connectivity index is 1.46. The number of carbonyl (C=O) groups is 1. The van der Waals surface area contributed by atoms with E-state index in [1.807, 2.05) is 30.5 Å². The lowest BCUT2D eigenvalue weighted by Crippen LogP contribution is -2.23. The second-order valence-corrected chi connectivity index (χ2v) is 6.99. The summed E-state index contributed by atoms with van der Waals surface area (Å²) in [5.41, 5.74) is 3.46. The van der Waals surface area contributed by atoms with Crippen LogP contribution in [-0.2, 0) is 24.1 Å². The molecule has 3 rings (SSSR count). The molecule has 5 heteroatoms. The highest BCUT2D eigenvalue weighted by molar-refractivity contribution is 8.01. The Bertz CT molecular complexity index is 671. The van der Waals surface area contributed by atoms with E-state index in [2.05, 4.69) is 29.4 Å². The van der Waals surface area contributed by atoms with Crippen molar-refractivity contribution in [1.29, 1.82) is 0 Å². The fourth-order valence-electron chi connectivity index (χ4n) is 2.58. The Morgan fingerprint density at radius 1 is 1.21 bits per heavy atom. The largest absolute Gasteiger partial charge is 0.493 e. The van der Waals surface area contributed by atoms with Crippen molar-refractivity contribution in [3.05, 3.63) is 59.4 Å². The number of pyridine rings is 1. The van der Waals surface area contributed by atoms with Gasteiger partial charge in [0.2, 0.25) is 5.91 Å². The second kappa shape index (κ2) is 8.20. The molecule has 1 atom stereocenters. The molecule has 24 heavy (non-hydrogen) atoms. The van der Waals surface area contributed by atoms with Gasteiger partial charge in [0.05, 0.1) is 17.7 Å². The number of benzene rings is 1. The summed E-state index contributed by atoms with van der Waals surface area (Å²) in [6.45, 7) is 2.74. The summed E-state index contributed by atoms with van der Waals surface area (Å²) < 4.78 is 5.79. The highest BCUT2D eigenvalue weighted by Gasteiger charge is 2.24. The van der Waals surface area contributed by atoms with E-state index in [1.54, 1.807) is 11.8 Å². The molecule has 0 saturated carbocycles. The van der Waals surface area contributed by atoms with Crippen molar-refractivity contribution in [2.75, 3.05) is 12.5 Å². The maximum Gasteiger partial charge on any atom is 0.234 e. The minimum absolute atomic E-state index is 0.0361. The van der Waals surface area contributed by atoms with Crippen LogP contribution in [0.2, 0.25) is 0 Å². The fourth-order valence-corrected chi connectivity index (χ4v) is 3.55. The van der Waals surface area contributed by atoms with E-state index in [-0.39, 0.29) is 11.2 Å². The van der Waals surface area contributed by atoms with Crippen LogP contribution in [0, 0.1) is 0 Å². The molecular weight excluding hydrogens is 320 g/mol. The monoisotopic (exact) mass is 342 g/mol.